The van der Waals surface area contributed by atoms with Crippen molar-refractivity contribution in [3.63, 3.8) is 0 Å². The molecule has 5 nitrogen and oxygen atoms in total. The molecule has 0 saturated carbocycles. The van der Waals surface area contributed by atoms with Crippen molar-refractivity contribution >= 4 is 0 Å². The molecule has 0 atom stereocenters. The summed E-state index contributed by atoms with van der Waals surface area (Å²) in [5, 5.41) is 0. The minimum atomic E-state index is -0.593. The van der Waals surface area contributed by atoms with Gasteiger partial charge >= 0.3 is 11.4 Å². The highest BCUT2D eigenvalue weighted by Gasteiger charge is 2.24. The highest BCUT2D eigenvalue weighted by molar-refractivity contribution is 4.67. The summed E-state index contributed by atoms with van der Waals surface area (Å²) >= 11 is 0. The van der Waals surface area contributed by atoms with Gasteiger partial charge in [-0.2, -0.15) is 14.2 Å². The Balaban J connectivity index is 3.65. The molecule has 0 N–H and O–H groups in total. The Morgan fingerprint density at radius 1 is 1.20 bits per heavy atom. The number of aryl methyl sites for hydroxylation is 1. The maximum atomic E-state index is 12.0. The highest BCUT2D eigenvalue weighted by Crippen LogP contribution is 1.96. The van der Waals surface area contributed by atoms with Crippen LogP contribution in [0, 0.1) is 6.92 Å². The summed E-state index contributed by atoms with van der Waals surface area (Å²) in [4.78, 5) is 23.4. The van der Waals surface area contributed by atoms with Gasteiger partial charge in [0.1, 0.15) is 12.1 Å². The molecule has 0 amide bonds. The van der Waals surface area contributed by atoms with Crippen molar-refractivity contribution in [2.75, 3.05) is 0 Å². The fourth-order valence-electron chi connectivity index (χ4n) is 1.57. The van der Waals surface area contributed by atoms with Gasteiger partial charge in [0.25, 0.3) is 5.89 Å². The molecule has 0 aliphatic rings. The van der Waals surface area contributed by atoms with Gasteiger partial charge in [-0.25, -0.2) is 0 Å². The van der Waals surface area contributed by atoms with E-state index >= 15 is 0 Å². The maximum Gasteiger partial charge on any atom is 0.518 e. The smallest absolute Gasteiger partial charge is 0.358 e. The molecule has 0 radical (unpaired) electrons. The Morgan fingerprint density at radius 3 is 2.13 bits per heavy atom. The van der Waals surface area contributed by atoms with E-state index in [0.29, 0.717) is 5.89 Å². The van der Waals surface area contributed by atoms with Crippen molar-refractivity contribution < 1.29 is 8.98 Å². The lowest BCUT2D eigenvalue weighted by molar-refractivity contribution is -0.750. The summed E-state index contributed by atoms with van der Waals surface area (Å²) in [6, 6.07) is -0.216. The molecular formula is C10H17N2O3+. The predicted octanol–water partition coefficient (Wildman–Crippen LogP) is 0.559. The van der Waals surface area contributed by atoms with Gasteiger partial charge in [-0.05, 0) is 27.7 Å². The summed E-state index contributed by atoms with van der Waals surface area (Å²) in [5.74, 6) is -0.249. The number of rotatable bonds is 2. The van der Waals surface area contributed by atoms with E-state index in [2.05, 4.69) is 0 Å². The molecule has 0 aliphatic carbocycles. The zero-order valence-corrected chi connectivity index (χ0v) is 9.77. The van der Waals surface area contributed by atoms with Gasteiger partial charge in [0, 0.05) is 6.92 Å². The first-order valence-corrected chi connectivity index (χ1v) is 5.04. The number of aromatic nitrogens is 2. The van der Waals surface area contributed by atoms with E-state index in [-0.39, 0.29) is 17.8 Å². The zero-order chi connectivity index (χ0) is 11.7. The number of nitrogens with zero attached hydrogens (tertiary/aromatic N) is 2. The third-order valence-corrected chi connectivity index (χ3v) is 2.22. The minimum Gasteiger partial charge on any atom is -0.358 e. The molecule has 0 unspecified atom stereocenters. The zero-order valence-electron chi connectivity index (χ0n) is 9.77. The average molecular weight is 213 g/mol. The topological polar surface area (TPSA) is 56.1 Å². The molecule has 0 saturated heterocycles. The van der Waals surface area contributed by atoms with Crippen LogP contribution in [0.4, 0.5) is 0 Å². The van der Waals surface area contributed by atoms with Crippen LogP contribution in [-0.2, 0) is 0 Å². The molecule has 0 spiro atoms. The monoisotopic (exact) mass is 213 g/mol. The van der Waals surface area contributed by atoms with Gasteiger partial charge in [-0.1, -0.05) is 0 Å². The molecule has 0 fully saturated rings. The Bertz CT molecular complexity index is 469. The number of hydrogen-bond acceptors (Lipinski definition) is 3. The van der Waals surface area contributed by atoms with E-state index in [9.17, 15) is 9.59 Å². The van der Waals surface area contributed by atoms with E-state index in [0.717, 1.165) is 4.57 Å². The fraction of sp³-hybridized carbons (Fsp3) is 0.700. The third-order valence-electron chi connectivity index (χ3n) is 2.22. The molecule has 1 aromatic heterocycles. The predicted molar refractivity (Wildman–Crippen MR) is 54.9 cm³/mol. The van der Waals surface area contributed by atoms with Gasteiger partial charge in [0.05, 0.1) is 0 Å². The van der Waals surface area contributed by atoms with Crippen molar-refractivity contribution in [2.45, 2.75) is 46.7 Å². The van der Waals surface area contributed by atoms with Crippen LogP contribution in [0.25, 0.3) is 0 Å². The first kappa shape index (κ1) is 11.7. The van der Waals surface area contributed by atoms with Crippen molar-refractivity contribution in [2.24, 2.45) is 0 Å². The maximum absolute atomic E-state index is 12.0. The van der Waals surface area contributed by atoms with Crippen LogP contribution in [-0.4, -0.2) is 4.57 Å². The molecule has 0 aromatic carbocycles. The van der Waals surface area contributed by atoms with Gasteiger partial charge in [-0.15, -0.1) is 4.57 Å². The van der Waals surface area contributed by atoms with Crippen LogP contribution in [0.2, 0.25) is 0 Å². The van der Waals surface area contributed by atoms with Crippen molar-refractivity contribution in [3.8, 4) is 0 Å². The first-order valence-electron chi connectivity index (χ1n) is 5.04. The lowest BCUT2D eigenvalue weighted by Crippen LogP contribution is -2.61. The largest absolute Gasteiger partial charge is 0.518 e. The van der Waals surface area contributed by atoms with Gasteiger partial charge < -0.3 is 4.42 Å². The van der Waals surface area contributed by atoms with Gasteiger partial charge in [0.2, 0.25) is 0 Å². The Kier molecular flexibility index (Phi) is 3.12. The van der Waals surface area contributed by atoms with Crippen LogP contribution in [0.1, 0.15) is 45.7 Å². The van der Waals surface area contributed by atoms with Crippen molar-refractivity contribution in [3.05, 3.63) is 26.9 Å². The highest BCUT2D eigenvalue weighted by atomic mass is 16.4. The molecule has 0 bridgehead atoms. The van der Waals surface area contributed by atoms with Crippen LogP contribution in [0.3, 0.4) is 0 Å². The van der Waals surface area contributed by atoms with Gasteiger partial charge in [0.15, 0.2) is 0 Å². The quantitative estimate of drug-likeness (QED) is 0.674. The molecule has 0 aliphatic heterocycles. The second kappa shape index (κ2) is 4.00. The fourth-order valence-corrected chi connectivity index (χ4v) is 1.57. The second-order valence-corrected chi connectivity index (χ2v) is 4.10. The van der Waals surface area contributed by atoms with Crippen LogP contribution >= 0.6 is 0 Å². The summed E-state index contributed by atoms with van der Waals surface area (Å²) in [7, 11) is 0. The van der Waals surface area contributed by atoms with Crippen LogP contribution in [0.15, 0.2) is 14.0 Å². The molecule has 1 aromatic rings. The summed E-state index contributed by atoms with van der Waals surface area (Å²) < 4.78 is 7.60. The molecule has 84 valence electrons. The Morgan fingerprint density at radius 2 is 1.73 bits per heavy atom. The van der Waals surface area contributed by atoms with Crippen molar-refractivity contribution in [1.82, 2.24) is 4.57 Å². The molecular weight excluding hydrogens is 196 g/mol. The standard InChI is InChI=1S/C10H17N2O3/c1-6(2)11-8(5)15-10(14)12(7(3)4)9(11)13/h6-7H,1-5H3/q+1. The van der Waals surface area contributed by atoms with E-state index < -0.39 is 5.76 Å². The average Bonchev–Trinajstić information content (AvgIpc) is 1.99. The van der Waals surface area contributed by atoms with Gasteiger partial charge in [-0.3, -0.25) is 0 Å². The third kappa shape index (κ3) is 2.00. The minimum absolute atomic E-state index is 0.0214. The van der Waals surface area contributed by atoms with E-state index in [1.807, 2.05) is 13.8 Å². The van der Waals surface area contributed by atoms with E-state index in [1.54, 1.807) is 20.8 Å². The Hall–Kier alpha value is -1.39. The second-order valence-electron chi connectivity index (χ2n) is 4.10. The lowest BCUT2D eigenvalue weighted by Gasteiger charge is -2.07. The van der Waals surface area contributed by atoms with Crippen molar-refractivity contribution in [1.29, 1.82) is 0 Å². The summed E-state index contributed by atoms with van der Waals surface area (Å²) in [5.41, 5.74) is -0.311. The van der Waals surface area contributed by atoms with Crippen LogP contribution < -0.4 is 16.0 Å². The SMILES string of the molecule is Cc1oc(=O)n(C(C)C)c(=O)[n+]1C(C)C. The molecule has 1 rings (SSSR count). The van der Waals surface area contributed by atoms with E-state index in [4.69, 9.17) is 4.42 Å². The molecule has 15 heavy (non-hydrogen) atoms. The normalized spacial score (nSPS) is 11.4. The van der Waals surface area contributed by atoms with E-state index in [1.165, 1.54) is 4.57 Å². The summed E-state index contributed by atoms with van der Waals surface area (Å²) in [6.07, 6.45) is 0. The summed E-state index contributed by atoms with van der Waals surface area (Å²) in [6.45, 7) is 8.92. The first-order chi connectivity index (χ1) is 6.86. The Labute approximate surface area is 88.0 Å². The lowest BCUT2D eigenvalue weighted by atomic mass is 10.3. The molecule has 5 heteroatoms. The number of hydrogen-bond donors (Lipinski definition) is 0. The molecule has 1 heterocycles. The van der Waals surface area contributed by atoms with Crippen LogP contribution in [0.5, 0.6) is 0 Å².